The van der Waals surface area contributed by atoms with E-state index in [1.807, 2.05) is 11.8 Å². The van der Waals surface area contributed by atoms with Gasteiger partial charge in [0, 0.05) is 26.5 Å². The molecule has 0 saturated heterocycles. The van der Waals surface area contributed by atoms with Crippen molar-refractivity contribution in [3.63, 3.8) is 0 Å². The first-order chi connectivity index (χ1) is 31.2. The lowest BCUT2D eigenvalue weighted by molar-refractivity contribution is 0.627. The second-order valence-electron chi connectivity index (χ2n) is 17.1. The molecule has 2 heterocycles. The maximum Gasteiger partial charge on any atom is 0.160 e. The van der Waals surface area contributed by atoms with Crippen LogP contribution in [0.15, 0.2) is 228 Å². The summed E-state index contributed by atoms with van der Waals surface area (Å²) < 4.78 is 0. The second-order valence-corrected chi connectivity index (χ2v) is 18.2. The summed E-state index contributed by atoms with van der Waals surface area (Å²) in [5.41, 5.74) is 22.0. The Morgan fingerprint density at radius 3 is 1.38 bits per heavy atom. The van der Waals surface area contributed by atoms with Crippen LogP contribution < -0.4 is 0 Å². The van der Waals surface area contributed by atoms with Crippen LogP contribution in [0.25, 0.3) is 67.3 Å². The van der Waals surface area contributed by atoms with Crippen molar-refractivity contribution in [3.05, 3.63) is 263 Å². The molecule has 1 aliphatic heterocycles. The van der Waals surface area contributed by atoms with Gasteiger partial charge in [-0.25, -0.2) is 9.97 Å². The third-order valence-electron chi connectivity index (χ3n) is 14.2. The van der Waals surface area contributed by atoms with Crippen molar-refractivity contribution in [1.29, 1.82) is 0 Å². The van der Waals surface area contributed by atoms with E-state index in [2.05, 4.69) is 218 Å². The van der Waals surface area contributed by atoms with Gasteiger partial charge in [-0.1, -0.05) is 206 Å². The van der Waals surface area contributed by atoms with Crippen LogP contribution >= 0.6 is 11.8 Å². The smallest absolute Gasteiger partial charge is 0.160 e. The zero-order chi connectivity index (χ0) is 41.3. The molecule has 292 valence electrons. The largest absolute Gasteiger partial charge is 0.228 e. The molecule has 0 N–H and O–H groups in total. The Morgan fingerprint density at radius 1 is 0.302 bits per heavy atom. The first-order valence-electron chi connectivity index (χ1n) is 21.7. The van der Waals surface area contributed by atoms with Crippen LogP contribution in [0.2, 0.25) is 0 Å². The van der Waals surface area contributed by atoms with E-state index < -0.39 is 10.8 Å². The third-order valence-corrected chi connectivity index (χ3v) is 15.3. The van der Waals surface area contributed by atoms with E-state index in [4.69, 9.17) is 9.97 Å². The van der Waals surface area contributed by atoms with Gasteiger partial charge in [0.15, 0.2) is 5.82 Å². The van der Waals surface area contributed by atoms with Gasteiger partial charge in [0.2, 0.25) is 0 Å². The average molecular weight is 817 g/mol. The van der Waals surface area contributed by atoms with Gasteiger partial charge in [-0.3, -0.25) is 0 Å². The fourth-order valence-corrected chi connectivity index (χ4v) is 13.0. The lowest BCUT2D eigenvalue weighted by Gasteiger charge is -2.49. The molecule has 0 atom stereocenters. The minimum absolute atomic E-state index is 0.518. The summed E-state index contributed by atoms with van der Waals surface area (Å²) in [6.45, 7) is 0. The molecular weight excluding hydrogens is 781 g/mol. The van der Waals surface area contributed by atoms with Crippen molar-refractivity contribution < 1.29 is 0 Å². The average Bonchev–Trinajstić information content (AvgIpc) is 3.82. The minimum atomic E-state index is -0.667. The third kappa shape index (κ3) is 4.59. The predicted octanol–water partition coefficient (Wildman–Crippen LogP) is 14.6. The molecule has 1 aromatic heterocycles. The first-order valence-corrected chi connectivity index (χ1v) is 22.5. The standard InChI is InChI=1S/C60H36N2S/c1-3-16-37(17-4-1)54-36-55(38-18-5-2-6-19-38)62-58(61-54)40-30-31-45-46-33-32-42-39-20-15-21-41(34-39)63-57(42)56(46)60(53(45)35-40)51-28-13-11-26-49(51)59(50-27-12-14-29-52(50)60)47-24-9-7-22-43(47)44-23-8-10-25-48(44)59/h1-36H. The van der Waals surface area contributed by atoms with Crippen LogP contribution in [0.3, 0.4) is 0 Å². The molecule has 0 radical (unpaired) electrons. The normalized spacial score (nSPS) is 14.5. The fraction of sp³-hybridized carbons (Fsp3) is 0.0333. The van der Waals surface area contributed by atoms with E-state index >= 15 is 0 Å². The number of aromatic nitrogens is 2. The fourth-order valence-electron chi connectivity index (χ4n) is 11.8. The van der Waals surface area contributed by atoms with Gasteiger partial charge in [-0.2, -0.15) is 0 Å². The molecule has 0 unspecified atom stereocenters. The number of rotatable bonds is 3. The van der Waals surface area contributed by atoms with Crippen molar-refractivity contribution >= 4 is 11.8 Å². The van der Waals surface area contributed by atoms with Crippen molar-refractivity contribution in [2.45, 2.75) is 20.6 Å². The summed E-state index contributed by atoms with van der Waals surface area (Å²) in [6, 6.07) is 81.0. The van der Waals surface area contributed by atoms with E-state index in [-0.39, 0.29) is 0 Å². The van der Waals surface area contributed by atoms with Crippen molar-refractivity contribution in [2.24, 2.45) is 0 Å². The van der Waals surface area contributed by atoms with Gasteiger partial charge < -0.3 is 0 Å². The zero-order valence-corrected chi connectivity index (χ0v) is 34.9. The Hall–Kier alpha value is -7.59. The summed E-state index contributed by atoms with van der Waals surface area (Å²) in [7, 11) is 0. The number of nitrogens with zero attached hydrogens (tertiary/aromatic N) is 2. The van der Waals surface area contributed by atoms with Crippen LogP contribution in [-0.2, 0) is 10.8 Å². The maximum absolute atomic E-state index is 5.38. The molecular formula is C60H36N2S. The topological polar surface area (TPSA) is 25.8 Å². The van der Waals surface area contributed by atoms with Crippen LogP contribution in [0.4, 0.5) is 0 Å². The van der Waals surface area contributed by atoms with Crippen LogP contribution in [0.1, 0.15) is 44.5 Å². The number of benzene rings is 9. The first kappa shape index (κ1) is 35.1. The molecule has 0 fully saturated rings. The monoisotopic (exact) mass is 816 g/mol. The van der Waals surface area contributed by atoms with E-state index in [0.717, 1.165) is 28.1 Å². The van der Waals surface area contributed by atoms with E-state index in [1.54, 1.807) is 0 Å². The van der Waals surface area contributed by atoms with Gasteiger partial charge in [0.05, 0.1) is 22.2 Å². The van der Waals surface area contributed by atoms with Crippen LogP contribution in [-0.4, -0.2) is 9.97 Å². The molecule has 9 aromatic carbocycles. The Morgan fingerprint density at radius 2 is 0.778 bits per heavy atom. The molecule has 3 aliphatic carbocycles. The van der Waals surface area contributed by atoms with E-state index in [0.29, 0.717) is 5.82 Å². The summed E-state index contributed by atoms with van der Waals surface area (Å²) in [5.74, 6) is 0.711. The Labute approximate surface area is 370 Å². The molecule has 63 heavy (non-hydrogen) atoms. The van der Waals surface area contributed by atoms with Crippen molar-refractivity contribution in [1.82, 2.24) is 9.97 Å². The van der Waals surface area contributed by atoms with E-state index in [1.165, 1.54) is 87.7 Å². The minimum Gasteiger partial charge on any atom is -0.228 e. The Bertz CT molecular complexity index is 3400. The van der Waals surface area contributed by atoms with E-state index in [9.17, 15) is 0 Å². The van der Waals surface area contributed by atoms with Gasteiger partial charge in [0.25, 0.3) is 0 Å². The number of fused-ring (bicyclic) bond motifs is 21. The SMILES string of the molecule is c1ccc(-c2cc(-c3ccccc3)nc(-c3ccc4c(c3)C3(c5ccccc5C5(c6ccccc6-c6ccccc65)c5ccccc53)c3c-4ccc4c3Sc3cccc-4c3)n2)cc1. The molecule has 14 rings (SSSR count). The molecule has 0 amide bonds. The van der Waals surface area contributed by atoms with Gasteiger partial charge in [-0.05, 0) is 102 Å². The molecule has 2 bridgehead atoms. The lowest BCUT2D eigenvalue weighted by atomic mass is 9.52. The Kier molecular flexibility index (Phi) is 7.21. The van der Waals surface area contributed by atoms with Crippen LogP contribution in [0.5, 0.6) is 0 Å². The summed E-state index contributed by atoms with van der Waals surface area (Å²) in [5, 5.41) is 0. The predicted molar refractivity (Wildman–Crippen MR) is 256 cm³/mol. The molecule has 2 nitrogen and oxygen atoms in total. The van der Waals surface area contributed by atoms with Crippen molar-refractivity contribution in [3.8, 4) is 67.3 Å². The van der Waals surface area contributed by atoms with Crippen LogP contribution in [0, 0.1) is 0 Å². The molecule has 2 spiro atoms. The van der Waals surface area contributed by atoms with Gasteiger partial charge in [-0.15, -0.1) is 0 Å². The highest BCUT2D eigenvalue weighted by atomic mass is 32.2. The number of hydrogen-bond donors (Lipinski definition) is 0. The van der Waals surface area contributed by atoms with Crippen molar-refractivity contribution in [2.75, 3.05) is 0 Å². The molecule has 10 aromatic rings. The lowest BCUT2D eigenvalue weighted by Crippen LogP contribution is -2.44. The number of hydrogen-bond acceptors (Lipinski definition) is 3. The molecule has 4 aliphatic rings. The summed E-state index contributed by atoms with van der Waals surface area (Å²) in [4.78, 5) is 13.4. The maximum atomic E-state index is 5.38. The zero-order valence-electron chi connectivity index (χ0n) is 34.1. The highest BCUT2D eigenvalue weighted by Crippen LogP contribution is 2.69. The molecule has 0 saturated carbocycles. The highest BCUT2D eigenvalue weighted by Gasteiger charge is 2.59. The molecule has 3 heteroatoms. The quantitative estimate of drug-likeness (QED) is 0.178. The van der Waals surface area contributed by atoms with Gasteiger partial charge in [0.1, 0.15) is 0 Å². The highest BCUT2D eigenvalue weighted by molar-refractivity contribution is 7.99. The summed E-state index contributed by atoms with van der Waals surface area (Å²) >= 11 is 1.91. The van der Waals surface area contributed by atoms with Gasteiger partial charge >= 0.3 is 0 Å². The Balaban J connectivity index is 1.11. The summed E-state index contributed by atoms with van der Waals surface area (Å²) in [6.07, 6.45) is 0. The second kappa shape index (κ2) is 13.0.